The van der Waals surface area contributed by atoms with Crippen molar-refractivity contribution in [3.05, 3.63) is 0 Å². The number of nitrogens with zero attached hydrogens (tertiary/aromatic N) is 1. The molecule has 0 fully saturated rings. The maximum absolute atomic E-state index is 12.2. The van der Waals surface area contributed by atoms with Crippen LogP contribution in [-0.2, 0) is 14.8 Å². The quantitative estimate of drug-likeness (QED) is 0.319. The van der Waals surface area contributed by atoms with Crippen LogP contribution in [0.15, 0.2) is 0 Å². The normalized spacial score (nSPS) is 13.8. The van der Waals surface area contributed by atoms with Crippen molar-refractivity contribution in [1.82, 2.24) is 4.72 Å². The Balaban J connectivity index is 4.09. The van der Waals surface area contributed by atoms with Gasteiger partial charge in [-0.05, 0) is 6.42 Å². The molecule has 1 atom stereocenters. The van der Waals surface area contributed by atoms with Crippen molar-refractivity contribution in [3.63, 3.8) is 0 Å². The molecule has 0 aromatic heterocycles. The maximum Gasteiger partial charge on any atom is 0.305 e. The Bertz CT molecular complexity index is 458. The molecular weight excluding hydrogens is 340 g/mol. The number of likely N-dealkylation sites (N-methyl/N-ethyl adjacent to an activating group) is 1. The number of carbonyl (C=O) groups is 1. The Morgan fingerprint density at radius 2 is 1.44 bits per heavy atom. The van der Waals surface area contributed by atoms with Crippen LogP contribution in [0.2, 0.25) is 0 Å². The average molecular weight is 380 g/mol. The van der Waals surface area contributed by atoms with E-state index in [1.54, 1.807) is 0 Å². The third kappa shape index (κ3) is 16.6. The van der Waals surface area contributed by atoms with Gasteiger partial charge in [0.2, 0.25) is 10.0 Å². The van der Waals surface area contributed by atoms with Crippen LogP contribution in [0.4, 0.5) is 0 Å². The van der Waals surface area contributed by atoms with Crippen molar-refractivity contribution >= 4 is 16.0 Å². The molecule has 6 nitrogen and oxygen atoms in total. The van der Waals surface area contributed by atoms with Gasteiger partial charge in [-0.3, -0.25) is 4.79 Å². The zero-order valence-corrected chi connectivity index (χ0v) is 17.4. The van der Waals surface area contributed by atoms with E-state index in [0.29, 0.717) is 17.4 Å². The van der Waals surface area contributed by atoms with Crippen molar-refractivity contribution in [3.8, 4) is 0 Å². The fourth-order valence-corrected chi connectivity index (χ4v) is 4.30. The van der Waals surface area contributed by atoms with Crippen molar-refractivity contribution in [1.29, 1.82) is 0 Å². The standard InChI is InChI=1S/C18H38N2O4S/c1-5-6-7-8-9-10-11-12-13-14-25(23,24)19-17(15-18(21)22)16-20(2,3)4/h17,19H,5-16H2,1-4H3/p+1/t17-/m0/s1. The minimum Gasteiger partial charge on any atom is -0.481 e. The lowest BCUT2D eigenvalue weighted by Gasteiger charge is -2.29. The van der Waals surface area contributed by atoms with Gasteiger partial charge in [0.05, 0.1) is 45.9 Å². The molecule has 0 aromatic carbocycles. The highest BCUT2D eigenvalue weighted by atomic mass is 32.2. The van der Waals surface area contributed by atoms with E-state index in [9.17, 15) is 13.2 Å². The lowest BCUT2D eigenvalue weighted by atomic mass is 10.1. The Morgan fingerprint density at radius 1 is 0.960 bits per heavy atom. The number of rotatable bonds is 16. The van der Waals surface area contributed by atoms with Gasteiger partial charge in [0.1, 0.15) is 0 Å². The molecule has 0 rings (SSSR count). The summed E-state index contributed by atoms with van der Waals surface area (Å²) in [6, 6.07) is -0.568. The first-order valence-electron chi connectivity index (χ1n) is 9.58. The predicted molar refractivity (Wildman–Crippen MR) is 103 cm³/mol. The molecule has 0 spiro atoms. The molecule has 150 valence electrons. The van der Waals surface area contributed by atoms with Crippen molar-refractivity contribution in [2.24, 2.45) is 0 Å². The molecule has 0 aliphatic rings. The van der Waals surface area contributed by atoms with Gasteiger partial charge < -0.3 is 9.59 Å². The van der Waals surface area contributed by atoms with Gasteiger partial charge in [0.25, 0.3) is 0 Å². The van der Waals surface area contributed by atoms with E-state index in [-0.39, 0.29) is 12.2 Å². The van der Waals surface area contributed by atoms with Gasteiger partial charge in [0.15, 0.2) is 0 Å². The minimum absolute atomic E-state index is 0.0795. The number of sulfonamides is 1. The Morgan fingerprint density at radius 3 is 1.88 bits per heavy atom. The molecule has 0 unspecified atom stereocenters. The van der Waals surface area contributed by atoms with Crippen molar-refractivity contribution < 1.29 is 22.8 Å². The molecule has 2 N–H and O–H groups in total. The molecule has 0 radical (unpaired) electrons. The zero-order chi connectivity index (χ0) is 19.3. The van der Waals surface area contributed by atoms with E-state index >= 15 is 0 Å². The molecule has 7 heteroatoms. The van der Waals surface area contributed by atoms with E-state index in [0.717, 1.165) is 12.8 Å². The molecule has 0 heterocycles. The summed E-state index contributed by atoms with van der Waals surface area (Å²) in [4.78, 5) is 11.0. The van der Waals surface area contributed by atoms with Crippen LogP contribution in [0.1, 0.15) is 71.1 Å². The van der Waals surface area contributed by atoms with E-state index in [2.05, 4.69) is 11.6 Å². The first-order chi connectivity index (χ1) is 11.6. The molecule has 0 amide bonds. The first kappa shape index (κ1) is 24.3. The van der Waals surface area contributed by atoms with E-state index < -0.39 is 22.0 Å². The summed E-state index contributed by atoms with van der Waals surface area (Å²) in [5, 5.41) is 8.99. The largest absolute Gasteiger partial charge is 0.481 e. The Labute approximate surface area is 154 Å². The van der Waals surface area contributed by atoms with Crippen LogP contribution in [-0.4, -0.2) is 63.5 Å². The number of hydrogen-bond donors (Lipinski definition) is 2. The summed E-state index contributed by atoms with van der Waals surface area (Å²) in [7, 11) is 2.33. The molecule has 25 heavy (non-hydrogen) atoms. The minimum atomic E-state index is -3.43. The molecule has 0 aliphatic carbocycles. The Hall–Kier alpha value is -0.660. The fourth-order valence-electron chi connectivity index (χ4n) is 2.93. The van der Waals surface area contributed by atoms with Crippen LogP contribution in [0.3, 0.4) is 0 Å². The van der Waals surface area contributed by atoms with Crippen LogP contribution in [0.5, 0.6) is 0 Å². The van der Waals surface area contributed by atoms with E-state index in [1.165, 1.54) is 38.5 Å². The second-order valence-corrected chi connectivity index (χ2v) is 9.91. The van der Waals surface area contributed by atoms with Crippen LogP contribution in [0.25, 0.3) is 0 Å². The summed E-state index contributed by atoms with van der Waals surface area (Å²) in [6.07, 6.45) is 9.95. The summed E-state index contributed by atoms with van der Waals surface area (Å²) in [6.45, 7) is 2.65. The third-order valence-electron chi connectivity index (χ3n) is 4.05. The smallest absolute Gasteiger partial charge is 0.305 e. The molecular formula is C18H39N2O4S+. The number of nitrogens with one attached hydrogen (secondary N) is 1. The van der Waals surface area contributed by atoms with Crippen LogP contribution in [0, 0.1) is 0 Å². The summed E-state index contributed by atoms with van der Waals surface area (Å²) >= 11 is 0. The lowest BCUT2D eigenvalue weighted by Crippen LogP contribution is -2.50. The van der Waals surface area contributed by atoms with E-state index in [1.807, 2.05) is 21.1 Å². The highest BCUT2D eigenvalue weighted by Gasteiger charge is 2.25. The van der Waals surface area contributed by atoms with Crippen molar-refractivity contribution in [2.45, 2.75) is 77.2 Å². The SMILES string of the molecule is CCCCCCCCCCCS(=O)(=O)N[C@@H](CC(=O)O)C[N+](C)(C)C. The second-order valence-electron chi connectivity index (χ2n) is 8.03. The first-order valence-corrected chi connectivity index (χ1v) is 11.2. The monoisotopic (exact) mass is 379 g/mol. The Kier molecular flexibility index (Phi) is 12.3. The summed E-state index contributed by atoms with van der Waals surface area (Å²) in [5.41, 5.74) is 0. The fraction of sp³-hybridized carbons (Fsp3) is 0.944. The van der Waals surface area contributed by atoms with Crippen LogP contribution < -0.4 is 4.72 Å². The third-order valence-corrected chi connectivity index (χ3v) is 5.57. The number of hydrogen-bond acceptors (Lipinski definition) is 3. The van der Waals surface area contributed by atoms with Crippen LogP contribution >= 0.6 is 0 Å². The maximum atomic E-state index is 12.2. The molecule has 0 bridgehead atoms. The molecule has 0 saturated heterocycles. The summed E-state index contributed by atoms with van der Waals surface area (Å²) in [5.74, 6) is -0.903. The molecule has 0 aliphatic heterocycles. The average Bonchev–Trinajstić information content (AvgIpc) is 2.42. The number of aliphatic carboxylic acids is 1. The predicted octanol–water partition coefficient (Wildman–Crippen LogP) is 2.99. The van der Waals surface area contributed by atoms with Crippen molar-refractivity contribution in [2.75, 3.05) is 33.4 Å². The highest BCUT2D eigenvalue weighted by molar-refractivity contribution is 7.89. The van der Waals surface area contributed by atoms with Gasteiger partial charge in [-0.25, -0.2) is 13.1 Å². The van der Waals surface area contributed by atoms with Gasteiger partial charge in [-0.1, -0.05) is 58.3 Å². The van der Waals surface area contributed by atoms with Gasteiger partial charge >= 0.3 is 5.97 Å². The topological polar surface area (TPSA) is 83.5 Å². The van der Waals surface area contributed by atoms with Gasteiger partial charge in [0, 0.05) is 0 Å². The molecule has 0 aromatic rings. The van der Waals surface area contributed by atoms with E-state index in [4.69, 9.17) is 5.11 Å². The van der Waals surface area contributed by atoms with Gasteiger partial charge in [-0.2, -0.15) is 0 Å². The summed E-state index contributed by atoms with van der Waals surface area (Å²) < 4.78 is 27.5. The highest BCUT2D eigenvalue weighted by Crippen LogP contribution is 2.10. The zero-order valence-electron chi connectivity index (χ0n) is 16.6. The lowest BCUT2D eigenvalue weighted by molar-refractivity contribution is -0.871. The second kappa shape index (κ2) is 12.7. The molecule has 0 saturated carbocycles. The number of carboxylic acids is 1. The number of carboxylic acid groups (broad SMARTS) is 1. The number of unbranched alkanes of at least 4 members (excludes halogenated alkanes) is 8. The van der Waals surface area contributed by atoms with Gasteiger partial charge in [-0.15, -0.1) is 0 Å². The number of quaternary nitrogens is 1.